The summed E-state index contributed by atoms with van der Waals surface area (Å²) in [5.41, 5.74) is 0.731. The molecule has 0 saturated carbocycles. The van der Waals surface area contributed by atoms with Crippen molar-refractivity contribution in [3.63, 3.8) is 0 Å². The van der Waals surface area contributed by atoms with E-state index < -0.39 is 0 Å². The Hall–Kier alpha value is -1.88. The third-order valence-corrected chi connectivity index (χ3v) is 5.16. The lowest BCUT2D eigenvalue weighted by atomic mass is 9.88. The molecule has 3 rings (SSSR count). The highest BCUT2D eigenvalue weighted by atomic mass is 16.5. The normalized spacial score (nSPS) is 22.2. The number of Topliss-reactive ketones (excluding diaryl/α,β-unsaturated/α-hetero) is 1. The maximum atomic E-state index is 12.6. The lowest BCUT2D eigenvalue weighted by molar-refractivity contribution is -0.135. The second-order valence-corrected chi connectivity index (χ2v) is 6.69. The van der Waals surface area contributed by atoms with E-state index in [2.05, 4.69) is 5.32 Å². The summed E-state index contributed by atoms with van der Waals surface area (Å²) in [6.45, 7) is 2.30. The van der Waals surface area contributed by atoms with Gasteiger partial charge in [0.05, 0.1) is 13.2 Å². The Morgan fingerprint density at radius 2 is 1.79 bits per heavy atom. The van der Waals surface area contributed by atoms with Crippen molar-refractivity contribution in [2.45, 2.75) is 38.1 Å². The molecule has 24 heavy (non-hydrogen) atoms. The molecule has 1 atom stereocenters. The summed E-state index contributed by atoms with van der Waals surface area (Å²) in [4.78, 5) is 27.1. The molecule has 2 aliphatic heterocycles. The molecule has 5 heteroatoms. The highest BCUT2D eigenvalue weighted by molar-refractivity contribution is 5.98. The van der Waals surface area contributed by atoms with E-state index in [4.69, 9.17) is 4.74 Å². The molecule has 1 amide bonds. The molecule has 0 spiro atoms. The zero-order valence-corrected chi connectivity index (χ0v) is 14.3. The van der Waals surface area contributed by atoms with E-state index >= 15 is 0 Å². The minimum Gasteiger partial charge on any atom is -0.497 e. The second kappa shape index (κ2) is 7.79. The van der Waals surface area contributed by atoms with Crippen molar-refractivity contribution in [1.82, 2.24) is 10.2 Å². The van der Waals surface area contributed by atoms with E-state index in [-0.39, 0.29) is 23.7 Å². The number of carbonyl (C=O) groups is 2. The van der Waals surface area contributed by atoms with E-state index in [1.165, 1.54) is 0 Å². The zero-order valence-electron chi connectivity index (χ0n) is 14.3. The number of methoxy groups -OCH3 is 1. The van der Waals surface area contributed by atoms with Crippen molar-refractivity contribution in [3.05, 3.63) is 29.8 Å². The van der Waals surface area contributed by atoms with E-state index in [0.717, 1.165) is 50.0 Å². The van der Waals surface area contributed by atoms with Crippen molar-refractivity contribution in [3.8, 4) is 5.75 Å². The summed E-state index contributed by atoms with van der Waals surface area (Å²) in [7, 11) is 1.62. The molecular formula is C19H26N2O3. The van der Waals surface area contributed by atoms with Crippen molar-refractivity contribution < 1.29 is 14.3 Å². The minimum atomic E-state index is -0.0208. The third kappa shape index (κ3) is 3.78. The second-order valence-electron chi connectivity index (χ2n) is 6.69. The van der Waals surface area contributed by atoms with Gasteiger partial charge in [-0.15, -0.1) is 0 Å². The largest absolute Gasteiger partial charge is 0.497 e. The molecule has 2 saturated heterocycles. The summed E-state index contributed by atoms with van der Waals surface area (Å²) >= 11 is 0. The Balaban J connectivity index is 1.54. The average molecular weight is 330 g/mol. The number of hydrogen-bond donors (Lipinski definition) is 1. The van der Waals surface area contributed by atoms with Crippen LogP contribution >= 0.6 is 0 Å². The van der Waals surface area contributed by atoms with Gasteiger partial charge in [0.1, 0.15) is 5.75 Å². The van der Waals surface area contributed by atoms with Crippen LogP contribution in [0.1, 0.15) is 42.5 Å². The smallest absolute Gasteiger partial charge is 0.239 e. The number of likely N-dealkylation sites (tertiary alicyclic amines) is 1. The highest BCUT2D eigenvalue weighted by Crippen LogP contribution is 2.24. The van der Waals surface area contributed by atoms with Gasteiger partial charge in [-0.05, 0) is 56.5 Å². The van der Waals surface area contributed by atoms with Crippen molar-refractivity contribution in [2.24, 2.45) is 5.92 Å². The van der Waals surface area contributed by atoms with Crippen LogP contribution in [0.5, 0.6) is 5.75 Å². The summed E-state index contributed by atoms with van der Waals surface area (Å²) in [6.07, 6.45) is 4.72. The first-order valence-corrected chi connectivity index (χ1v) is 8.89. The van der Waals surface area contributed by atoms with Gasteiger partial charge in [0.2, 0.25) is 5.91 Å². The molecule has 5 nitrogen and oxygen atoms in total. The van der Waals surface area contributed by atoms with Gasteiger partial charge in [0, 0.05) is 24.6 Å². The fourth-order valence-corrected chi connectivity index (χ4v) is 3.64. The van der Waals surface area contributed by atoms with Crippen molar-refractivity contribution in [2.75, 3.05) is 26.7 Å². The van der Waals surface area contributed by atoms with Gasteiger partial charge in [0.25, 0.3) is 0 Å². The number of carbonyl (C=O) groups excluding carboxylic acids is 2. The highest BCUT2D eigenvalue weighted by Gasteiger charge is 2.31. The maximum Gasteiger partial charge on any atom is 0.239 e. The van der Waals surface area contributed by atoms with E-state index in [1.54, 1.807) is 7.11 Å². The van der Waals surface area contributed by atoms with Crippen LogP contribution in [-0.4, -0.2) is 49.4 Å². The lowest BCUT2D eigenvalue weighted by Gasteiger charge is -2.35. The molecule has 2 fully saturated rings. The number of amides is 1. The molecule has 130 valence electrons. The number of hydrogen-bond acceptors (Lipinski definition) is 4. The number of ether oxygens (including phenoxy) is 1. The Morgan fingerprint density at radius 3 is 2.38 bits per heavy atom. The molecule has 0 bridgehead atoms. The number of ketones is 1. The number of rotatable bonds is 4. The number of nitrogens with one attached hydrogen (secondary N) is 1. The van der Waals surface area contributed by atoms with Gasteiger partial charge in [0.15, 0.2) is 5.78 Å². The van der Waals surface area contributed by atoms with E-state index in [0.29, 0.717) is 13.1 Å². The third-order valence-electron chi connectivity index (χ3n) is 5.16. The van der Waals surface area contributed by atoms with E-state index in [1.807, 2.05) is 29.2 Å². The van der Waals surface area contributed by atoms with Gasteiger partial charge in [-0.3, -0.25) is 9.59 Å². The Bertz CT molecular complexity index is 571. The average Bonchev–Trinajstić information content (AvgIpc) is 2.68. The number of nitrogens with zero attached hydrogens (tertiary/aromatic N) is 1. The quantitative estimate of drug-likeness (QED) is 0.861. The molecule has 2 heterocycles. The van der Waals surface area contributed by atoms with Crippen molar-refractivity contribution in [1.29, 1.82) is 0 Å². The summed E-state index contributed by atoms with van der Waals surface area (Å²) in [6, 6.07) is 7.27. The number of piperidine rings is 2. The Kier molecular flexibility index (Phi) is 5.51. The van der Waals surface area contributed by atoms with Crippen molar-refractivity contribution >= 4 is 11.7 Å². The molecule has 1 aromatic rings. The fourth-order valence-electron chi connectivity index (χ4n) is 3.64. The van der Waals surface area contributed by atoms with Gasteiger partial charge >= 0.3 is 0 Å². The van der Waals surface area contributed by atoms with Crippen LogP contribution in [0.3, 0.4) is 0 Å². The molecule has 0 radical (unpaired) electrons. The first-order valence-electron chi connectivity index (χ1n) is 8.89. The van der Waals surface area contributed by atoms with Crippen LogP contribution in [0.25, 0.3) is 0 Å². The molecule has 0 aliphatic carbocycles. The predicted molar refractivity (Wildman–Crippen MR) is 92.3 cm³/mol. The monoisotopic (exact) mass is 330 g/mol. The predicted octanol–water partition coefficient (Wildman–Crippen LogP) is 2.26. The van der Waals surface area contributed by atoms with Gasteiger partial charge < -0.3 is 15.0 Å². The SMILES string of the molecule is COc1ccc(C(=O)C2CCN(C(=O)C3CCCCN3)CC2)cc1. The first kappa shape index (κ1) is 17.0. The first-order chi connectivity index (χ1) is 11.7. The van der Waals surface area contributed by atoms with Crippen LogP contribution in [-0.2, 0) is 4.79 Å². The maximum absolute atomic E-state index is 12.6. The zero-order chi connectivity index (χ0) is 16.9. The molecule has 1 N–H and O–H groups in total. The standard InChI is InChI=1S/C19H26N2O3/c1-24-16-7-5-14(6-8-16)18(22)15-9-12-21(13-10-15)19(23)17-4-2-3-11-20-17/h5-8,15,17,20H,2-4,9-13H2,1H3. The summed E-state index contributed by atoms with van der Waals surface area (Å²) in [5.74, 6) is 1.17. The molecular weight excluding hydrogens is 304 g/mol. The minimum absolute atomic E-state index is 0.0155. The topological polar surface area (TPSA) is 58.6 Å². The van der Waals surface area contributed by atoms with Gasteiger partial charge in [-0.1, -0.05) is 6.42 Å². The fraction of sp³-hybridized carbons (Fsp3) is 0.579. The Morgan fingerprint density at radius 1 is 1.08 bits per heavy atom. The molecule has 1 unspecified atom stereocenters. The van der Waals surface area contributed by atoms with Gasteiger partial charge in [-0.25, -0.2) is 0 Å². The van der Waals surface area contributed by atoms with E-state index in [9.17, 15) is 9.59 Å². The van der Waals surface area contributed by atoms with Crippen LogP contribution in [0.4, 0.5) is 0 Å². The molecule has 2 aliphatic rings. The Labute approximate surface area is 143 Å². The summed E-state index contributed by atoms with van der Waals surface area (Å²) < 4.78 is 5.13. The van der Waals surface area contributed by atoms with Gasteiger partial charge in [-0.2, -0.15) is 0 Å². The van der Waals surface area contributed by atoms with Crippen LogP contribution in [0, 0.1) is 5.92 Å². The summed E-state index contributed by atoms with van der Waals surface area (Å²) in [5, 5.41) is 3.32. The van der Waals surface area contributed by atoms with Crippen LogP contribution < -0.4 is 10.1 Å². The molecule has 0 aromatic heterocycles. The number of benzene rings is 1. The van der Waals surface area contributed by atoms with Crippen LogP contribution in [0.2, 0.25) is 0 Å². The molecule has 1 aromatic carbocycles. The lowest BCUT2D eigenvalue weighted by Crippen LogP contribution is -2.51. The van der Waals surface area contributed by atoms with Crippen LogP contribution in [0.15, 0.2) is 24.3 Å².